The summed E-state index contributed by atoms with van der Waals surface area (Å²) in [6.45, 7) is 9.86. The number of nitrogens with zero attached hydrogens (tertiary/aromatic N) is 1. The predicted octanol–water partition coefficient (Wildman–Crippen LogP) is 2.87. The van der Waals surface area contributed by atoms with Crippen molar-refractivity contribution in [1.29, 1.82) is 0 Å². The van der Waals surface area contributed by atoms with Gasteiger partial charge in [-0.3, -0.25) is 4.79 Å². The fraction of sp³-hybridized carbons (Fsp3) is 0.611. The van der Waals surface area contributed by atoms with E-state index in [1.54, 1.807) is 6.92 Å². The van der Waals surface area contributed by atoms with Crippen LogP contribution in [0.15, 0.2) is 24.3 Å². The molecule has 0 aromatic heterocycles. The average Bonchev–Trinajstić information content (AvgIpc) is 2.51. The molecule has 0 aliphatic heterocycles. The van der Waals surface area contributed by atoms with E-state index in [4.69, 9.17) is 4.74 Å². The molecule has 1 amide bonds. The summed E-state index contributed by atoms with van der Waals surface area (Å²) in [6, 6.07) is 8.30. The van der Waals surface area contributed by atoms with Crippen molar-refractivity contribution in [3.05, 3.63) is 29.8 Å². The highest BCUT2D eigenvalue weighted by atomic mass is 16.5. The zero-order valence-corrected chi connectivity index (χ0v) is 14.2. The quantitative estimate of drug-likeness (QED) is 0.639. The first-order valence-electron chi connectivity index (χ1n) is 8.35. The molecule has 1 N–H and O–H groups in total. The highest BCUT2D eigenvalue weighted by Crippen LogP contribution is 2.14. The number of nitrogens with one attached hydrogen (secondary N) is 1. The van der Waals surface area contributed by atoms with E-state index in [0.29, 0.717) is 0 Å². The van der Waals surface area contributed by atoms with E-state index in [0.717, 1.165) is 57.8 Å². The first-order valence-corrected chi connectivity index (χ1v) is 8.35. The van der Waals surface area contributed by atoms with Crippen LogP contribution in [0.2, 0.25) is 0 Å². The molecule has 1 rings (SSSR count). The van der Waals surface area contributed by atoms with Gasteiger partial charge in [-0.25, -0.2) is 0 Å². The molecular formula is C18H30N2O2. The molecule has 1 aromatic carbocycles. The van der Waals surface area contributed by atoms with Crippen molar-refractivity contribution < 1.29 is 9.53 Å². The Hall–Kier alpha value is -1.55. The lowest BCUT2D eigenvalue weighted by molar-refractivity contribution is -0.128. The molecule has 4 heteroatoms. The van der Waals surface area contributed by atoms with Gasteiger partial charge in [0, 0.05) is 26.6 Å². The third-order valence-corrected chi connectivity index (χ3v) is 3.64. The highest BCUT2D eigenvalue weighted by Gasteiger charge is 2.04. The number of benzene rings is 1. The lowest BCUT2D eigenvalue weighted by atomic mass is 10.1. The van der Waals surface area contributed by atoms with E-state index in [1.165, 1.54) is 5.56 Å². The number of unbranched alkanes of at least 4 members (excludes halogenated alkanes) is 1. The molecule has 0 aliphatic carbocycles. The second-order valence-electron chi connectivity index (χ2n) is 5.45. The summed E-state index contributed by atoms with van der Waals surface area (Å²) < 4.78 is 5.72. The van der Waals surface area contributed by atoms with E-state index in [2.05, 4.69) is 24.4 Å². The second kappa shape index (κ2) is 11.1. The zero-order valence-electron chi connectivity index (χ0n) is 14.2. The summed E-state index contributed by atoms with van der Waals surface area (Å²) in [4.78, 5) is 13.1. The molecular weight excluding hydrogens is 276 g/mol. The third kappa shape index (κ3) is 7.46. The molecule has 22 heavy (non-hydrogen) atoms. The van der Waals surface area contributed by atoms with Gasteiger partial charge < -0.3 is 15.0 Å². The van der Waals surface area contributed by atoms with Gasteiger partial charge in [0.25, 0.3) is 0 Å². The molecule has 0 aliphatic rings. The zero-order chi connectivity index (χ0) is 16.2. The van der Waals surface area contributed by atoms with Gasteiger partial charge in [0.2, 0.25) is 5.91 Å². The minimum absolute atomic E-state index is 0.140. The Morgan fingerprint density at radius 3 is 2.77 bits per heavy atom. The van der Waals surface area contributed by atoms with Crippen LogP contribution in [0.25, 0.3) is 0 Å². The number of rotatable bonds is 11. The molecule has 0 saturated heterocycles. The topological polar surface area (TPSA) is 41.6 Å². The lowest BCUT2D eigenvalue weighted by Gasteiger charge is -2.18. The minimum atomic E-state index is 0.140. The van der Waals surface area contributed by atoms with Crippen LogP contribution >= 0.6 is 0 Å². The molecule has 0 spiro atoms. The largest absolute Gasteiger partial charge is 0.494 e. The SMILES string of the molecule is CCCCOc1cccc(CCNCCN(CC)C(C)=O)c1. The number of carbonyl (C=O) groups is 1. The summed E-state index contributed by atoms with van der Waals surface area (Å²) in [7, 11) is 0. The number of amides is 1. The van der Waals surface area contributed by atoms with Gasteiger partial charge in [0.15, 0.2) is 0 Å². The fourth-order valence-electron chi connectivity index (χ4n) is 2.24. The van der Waals surface area contributed by atoms with Crippen molar-refractivity contribution in [3.63, 3.8) is 0 Å². The number of likely N-dealkylation sites (N-methyl/N-ethyl adjacent to an activating group) is 1. The average molecular weight is 306 g/mol. The maximum atomic E-state index is 11.3. The van der Waals surface area contributed by atoms with Crippen molar-refractivity contribution in [2.45, 2.75) is 40.0 Å². The molecule has 0 saturated carbocycles. The third-order valence-electron chi connectivity index (χ3n) is 3.64. The summed E-state index contributed by atoms with van der Waals surface area (Å²) in [6.07, 6.45) is 3.21. The van der Waals surface area contributed by atoms with E-state index in [1.807, 2.05) is 24.0 Å². The maximum absolute atomic E-state index is 11.3. The monoisotopic (exact) mass is 306 g/mol. The van der Waals surface area contributed by atoms with Gasteiger partial charge in [0.1, 0.15) is 5.75 Å². The van der Waals surface area contributed by atoms with Gasteiger partial charge in [0.05, 0.1) is 6.61 Å². The molecule has 0 atom stereocenters. The van der Waals surface area contributed by atoms with E-state index in [-0.39, 0.29) is 5.91 Å². The molecule has 0 fully saturated rings. The van der Waals surface area contributed by atoms with Crippen LogP contribution in [0, 0.1) is 0 Å². The summed E-state index contributed by atoms with van der Waals surface area (Å²) in [5.41, 5.74) is 1.28. The van der Waals surface area contributed by atoms with Gasteiger partial charge >= 0.3 is 0 Å². The van der Waals surface area contributed by atoms with Crippen LogP contribution in [0.4, 0.5) is 0 Å². The summed E-state index contributed by atoms with van der Waals surface area (Å²) >= 11 is 0. The summed E-state index contributed by atoms with van der Waals surface area (Å²) in [5, 5.41) is 3.39. The number of carbonyl (C=O) groups excluding carboxylic acids is 1. The van der Waals surface area contributed by atoms with Crippen LogP contribution in [0.5, 0.6) is 5.75 Å². The van der Waals surface area contributed by atoms with Crippen molar-refractivity contribution in [3.8, 4) is 5.75 Å². The Morgan fingerprint density at radius 1 is 1.27 bits per heavy atom. The van der Waals surface area contributed by atoms with Crippen LogP contribution in [0.1, 0.15) is 39.2 Å². The van der Waals surface area contributed by atoms with Gasteiger partial charge in [-0.2, -0.15) is 0 Å². The second-order valence-corrected chi connectivity index (χ2v) is 5.45. The lowest BCUT2D eigenvalue weighted by Crippen LogP contribution is -2.35. The van der Waals surface area contributed by atoms with Crippen LogP contribution in [-0.2, 0) is 11.2 Å². The van der Waals surface area contributed by atoms with Crippen molar-refractivity contribution in [2.75, 3.05) is 32.8 Å². The van der Waals surface area contributed by atoms with Crippen LogP contribution < -0.4 is 10.1 Å². The number of hydrogen-bond donors (Lipinski definition) is 1. The van der Waals surface area contributed by atoms with Crippen molar-refractivity contribution in [1.82, 2.24) is 10.2 Å². The smallest absolute Gasteiger partial charge is 0.219 e. The predicted molar refractivity (Wildman–Crippen MR) is 91.3 cm³/mol. The normalized spacial score (nSPS) is 10.5. The molecule has 0 radical (unpaired) electrons. The Bertz CT molecular complexity index is 435. The number of hydrogen-bond acceptors (Lipinski definition) is 3. The standard InChI is InChI=1S/C18H30N2O2/c1-4-6-14-22-18-9-7-8-17(15-18)10-11-19-12-13-20(5-2)16(3)21/h7-9,15,19H,4-6,10-14H2,1-3H3. The van der Waals surface area contributed by atoms with Crippen molar-refractivity contribution in [2.24, 2.45) is 0 Å². The first-order chi connectivity index (χ1) is 10.7. The van der Waals surface area contributed by atoms with Crippen LogP contribution in [0.3, 0.4) is 0 Å². The fourth-order valence-corrected chi connectivity index (χ4v) is 2.24. The Labute approximate surface area is 134 Å². The minimum Gasteiger partial charge on any atom is -0.494 e. The highest BCUT2D eigenvalue weighted by molar-refractivity contribution is 5.73. The molecule has 0 unspecified atom stereocenters. The summed E-state index contributed by atoms with van der Waals surface area (Å²) in [5.74, 6) is 1.10. The van der Waals surface area contributed by atoms with Gasteiger partial charge in [-0.1, -0.05) is 25.5 Å². The first kappa shape index (κ1) is 18.5. The Kier molecular flexibility index (Phi) is 9.31. The molecule has 0 bridgehead atoms. The van der Waals surface area contributed by atoms with E-state index >= 15 is 0 Å². The Balaban J connectivity index is 2.24. The Morgan fingerprint density at radius 2 is 2.09 bits per heavy atom. The van der Waals surface area contributed by atoms with Gasteiger partial charge in [-0.05, 0) is 44.0 Å². The molecule has 0 heterocycles. The number of ether oxygens (including phenoxy) is 1. The van der Waals surface area contributed by atoms with Gasteiger partial charge in [-0.15, -0.1) is 0 Å². The molecule has 124 valence electrons. The molecule has 1 aromatic rings. The maximum Gasteiger partial charge on any atom is 0.219 e. The van der Waals surface area contributed by atoms with Crippen molar-refractivity contribution >= 4 is 5.91 Å². The van der Waals surface area contributed by atoms with E-state index in [9.17, 15) is 4.79 Å². The van der Waals surface area contributed by atoms with Crippen LogP contribution in [-0.4, -0.2) is 43.6 Å². The molecule has 4 nitrogen and oxygen atoms in total. The van der Waals surface area contributed by atoms with E-state index < -0.39 is 0 Å².